The number of hydrogen-bond donors (Lipinski definition) is 0. The Labute approximate surface area is 95.1 Å². The van der Waals surface area contributed by atoms with Crippen LogP contribution in [0.3, 0.4) is 0 Å². The maximum Gasteiger partial charge on any atom is 0.174 e. The summed E-state index contributed by atoms with van der Waals surface area (Å²) in [5.74, 6) is 0.864. The molecule has 1 fully saturated rings. The van der Waals surface area contributed by atoms with Crippen LogP contribution in [0.4, 0.5) is 0 Å². The lowest BCUT2D eigenvalue weighted by atomic mass is 9.96. The molecule has 1 nitrogen and oxygen atoms in total. The summed E-state index contributed by atoms with van der Waals surface area (Å²) in [6.07, 6.45) is 6.22. The molecular weight excluding hydrogens is 196 g/mol. The number of fused-ring (bicyclic) bond motifs is 1. The zero-order valence-corrected chi connectivity index (χ0v) is 8.94. The number of ether oxygens (including phenoxy) is 1. The van der Waals surface area contributed by atoms with Crippen LogP contribution in [0, 0.1) is 0 Å². The van der Waals surface area contributed by atoms with Gasteiger partial charge in [-0.2, -0.15) is 0 Å². The van der Waals surface area contributed by atoms with Crippen molar-refractivity contribution in [3.05, 3.63) is 70.8 Å². The van der Waals surface area contributed by atoms with Crippen molar-refractivity contribution in [1.82, 2.24) is 0 Å². The number of benzene rings is 1. The van der Waals surface area contributed by atoms with Gasteiger partial charge in [-0.3, -0.25) is 0 Å². The molecule has 1 unspecified atom stereocenters. The van der Waals surface area contributed by atoms with Gasteiger partial charge in [-0.05, 0) is 36.3 Å². The van der Waals surface area contributed by atoms with Gasteiger partial charge in [0.05, 0.1) is 0 Å². The van der Waals surface area contributed by atoms with Gasteiger partial charge in [-0.25, -0.2) is 0 Å². The van der Waals surface area contributed by atoms with Crippen LogP contribution in [-0.4, -0.2) is 0 Å². The van der Waals surface area contributed by atoms with Crippen LogP contribution in [0.1, 0.15) is 24.5 Å². The maximum absolute atomic E-state index is 5.93. The van der Waals surface area contributed by atoms with Crippen LogP contribution in [0.25, 0.3) is 0 Å². The minimum atomic E-state index is 0.167. The van der Waals surface area contributed by atoms with Gasteiger partial charge >= 0.3 is 0 Å². The standard InChI is InChI=1S/C15H12O/c1-2-6-12(7-3-1)15-11-10-13-8-4-5-9-14(13)16-15/h1-4,6-8,15H,10-11H2. The summed E-state index contributed by atoms with van der Waals surface area (Å²) >= 11 is 0. The molecule has 0 aromatic heterocycles. The van der Waals surface area contributed by atoms with Crippen molar-refractivity contribution < 1.29 is 4.74 Å². The van der Waals surface area contributed by atoms with E-state index in [9.17, 15) is 0 Å². The Hall–Kier alpha value is -1.94. The van der Waals surface area contributed by atoms with Crippen molar-refractivity contribution in [3.8, 4) is 0 Å². The van der Waals surface area contributed by atoms with Crippen molar-refractivity contribution in [1.29, 1.82) is 0 Å². The van der Waals surface area contributed by atoms with Crippen molar-refractivity contribution in [3.63, 3.8) is 0 Å². The van der Waals surface area contributed by atoms with Crippen molar-refractivity contribution in [2.45, 2.75) is 18.9 Å². The van der Waals surface area contributed by atoms with E-state index in [2.05, 4.69) is 41.8 Å². The predicted molar refractivity (Wildman–Crippen MR) is 62.7 cm³/mol. The third kappa shape index (κ3) is 1.63. The second kappa shape index (κ2) is 3.90. The molecule has 0 bridgehead atoms. The average molecular weight is 208 g/mol. The van der Waals surface area contributed by atoms with E-state index in [-0.39, 0.29) is 6.10 Å². The van der Waals surface area contributed by atoms with E-state index in [4.69, 9.17) is 4.74 Å². The van der Waals surface area contributed by atoms with Gasteiger partial charge in [-0.1, -0.05) is 36.1 Å². The third-order valence-electron chi connectivity index (χ3n) is 2.95. The molecule has 1 aliphatic heterocycles. The highest BCUT2D eigenvalue weighted by Crippen LogP contribution is 2.36. The van der Waals surface area contributed by atoms with Crippen LogP contribution >= 0.6 is 0 Å². The lowest BCUT2D eigenvalue weighted by Crippen LogP contribution is -2.12. The monoisotopic (exact) mass is 208 g/mol. The van der Waals surface area contributed by atoms with Crippen molar-refractivity contribution >= 4 is 0 Å². The third-order valence-corrected chi connectivity index (χ3v) is 2.95. The molecule has 78 valence electrons. The molecule has 1 aliphatic carbocycles. The molecule has 0 N–H and O–H groups in total. The second-order valence-electron chi connectivity index (χ2n) is 4.01. The van der Waals surface area contributed by atoms with E-state index in [1.54, 1.807) is 0 Å². The molecule has 2 aliphatic rings. The van der Waals surface area contributed by atoms with Gasteiger partial charge in [0.1, 0.15) is 6.10 Å². The minimum absolute atomic E-state index is 0.167. The van der Waals surface area contributed by atoms with Gasteiger partial charge in [0.25, 0.3) is 0 Å². The fourth-order valence-corrected chi connectivity index (χ4v) is 2.10. The normalized spacial score (nSPS) is 21.9. The van der Waals surface area contributed by atoms with E-state index in [1.807, 2.05) is 12.1 Å². The Kier molecular flexibility index (Phi) is 2.27. The van der Waals surface area contributed by atoms with Crippen molar-refractivity contribution in [2.75, 3.05) is 0 Å². The molecule has 1 atom stereocenters. The first-order chi connectivity index (χ1) is 7.93. The predicted octanol–water partition coefficient (Wildman–Crippen LogP) is 3.67. The molecule has 1 heterocycles. The zero-order valence-electron chi connectivity index (χ0n) is 8.94. The Morgan fingerprint density at radius 1 is 1.19 bits per heavy atom. The lowest BCUT2D eigenvalue weighted by Gasteiger charge is -2.27. The van der Waals surface area contributed by atoms with Crippen LogP contribution in [-0.2, 0) is 4.74 Å². The highest BCUT2D eigenvalue weighted by Gasteiger charge is 2.23. The fourth-order valence-electron chi connectivity index (χ4n) is 2.10. The first-order valence-electron chi connectivity index (χ1n) is 5.56. The van der Waals surface area contributed by atoms with Crippen LogP contribution in [0.2, 0.25) is 0 Å². The SMILES string of the molecule is C1=C=C2OC(c3ccccc3)CCC2=CC=1. The van der Waals surface area contributed by atoms with Crippen LogP contribution < -0.4 is 0 Å². The molecule has 0 saturated carbocycles. The van der Waals surface area contributed by atoms with E-state index in [0.717, 1.165) is 18.6 Å². The summed E-state index contributed by atoms with van der Waals surface area (Å²) < 4.78 is 5.93. The quantitative estimate of drug-likeness (QED) is 0.640. The fraction of sp³-hybridized carbons (Fsp3) is 0.200. The Bertz CT molecular complexity index is 524. The molecule has 1 saturated heterocycles. The van der Waals surface area contributed by atoms with E-state index < -0.39 is 0 Å². The number of hydrogen-bond acceptors (Lipinski definition) is 1. The highest BCUT2D eigenvalue weighted by molar-refractivity contribution is 5.35. The molecule has 1 heteroatoms. The molecular formula is C15H12O. The zero-order chi connectivity index (χ0) is 10.8. The molecule has 16 heavy (non-hydrogen) atoms. The maximum atomic E-state index is 5.93. The first kappa shape index (κ1) is 9.30. The molecule has 0 spiro atoms. The van der Waals surface area contributed by atoms with E-state index >= 15 is 0 Å². The topological polar surface area (TPSA) is 9.23 Å². The Morgan fingerprint density at radius 2 is 2.06 bits per heavy atom. The van der Waals surface area contributed by atoms with Gasteiger partial charge in [0.15, 0.2) is 5.76 Å². The molecule has 0 radical (unpaired) electrons. The van der Waals surface area contributed by atoms with Gasteiger partial charge in [-0.15, -0.1) is 0 Å². The summed E-state index contributed by atoms with van der Waals surface area (Å²) in [4.78, 5) is 0. The highest BCUT2D eigenvalue weighted by atomic mass is 16.5. The van der Waals surface area contributed by atoms with Gasteiger partial charge < -0.3 is 4.74 Å². The summed E-state index contributed by atoms with van der Waals surface area (Å²) in [5.41, 5.74) is 8.47. The van der Waals surface area contributed by atoms with Gasteiger partial charge in [0, 0.05) is 5.57 Å². The Balaban J connectivity index is 1.89. The summed E-state index contributed by atoms with van der Waals surface area (Å²) in [6, 6.07) is 10.4. The average Bonchev–Trinajstić information content (AvgIpc) is 2.39. The van der Waals surface area contributed by atoms with E-state index in [1.165, 1.54) is 11.1 Å². The van der Waals surface area contributed by atoms with Gasteiger partial charge in [0.2, 0.25) is 0 Å². The lowest BCUT2D eigenvalue weighted by molar-refractivity contribution is 0.0957. The first-order valence-corrected chi connectivity index (χ1v) is 5.56. The smallest absolute Gasteiger partial charge is 0.174 e. The molecule has 1 aromatic rings. The Morgan fingerprint density at radius 3 is 2.94 bits per heavy atom. The largest absolute Gasteiger partial charge is 0.477 e. The number of allylic oxidation sites excluding steroid dienone is 3. The number of rotatable bonds is 1. The minimum Gasteiger partial charge on any atom is -0.477 e. The second-order valence-corrected chi connectivity index (χ2v) is 4.01. The van der Waals surface area contributed by atoms with Crippen LogP contribution in [0.15, 0.2) is 65.3 Å². The molecule has 3 rings (SSSR count). The van der Waals surface area contributed by atoms with E-state index in [0.29, 0.717) is 0 Å². The molecule has 1 aromatic carbocycles. The molecule has 0 amide bonds. The summed E-state index contributed by atoms with van der Waals surface area (Å²) in [6.45, 7) is 0. The summed E-state index contributed by atoms with van der Waals surface area (Å²) in [7, 11) is 0. The summed E-state index contributed by atoms with van der Waals surface area (Å²) in [5, 5.41) is 0. The van der Waals surface area contributed by atoms with Crippen LogP contribution in [0.5, 0.6) is 0 Å². The van der Waals surface area contributed by atoms with Crippen molar-refractivity contribution in [2.24, 2.45) is 0 Å².